The maximum atomic E-state index is 9.77. The van der Waals surface area contributed by atoms with Crippen LogP contribution in [0.2, 0.25) is 0 Å². The molecule has 0 aliphatic carbocycles. The summed E-state index contributed by atoms with van der Waals surface area (Å²) in [5, 5.41) is 43.6. The number of unbranched alkanes of at least 4 members (excludes halogenated alkanes) is 1. The van der Waals surface area contributed by atoms with Crippen molar-refractivity contribution in [3.8, 4) is 0 Å². The summed E-state index contributed by atoms with van der Waals surface area (Å²) in [6, 6.07) is 0. The van der Waals surface area contributed by atoms with Crippen LogP contribution in [0, 0.1) is 0 Å². The van der Waals surface area contributed by atoms with Crippen LogP contribution in [0.25, 0.3) is 0 Å². The first kappa shape index (κ1) is 17.2. The van der Waals surface area contributed by atoms with E-state index < -0.39 is 18.0 Å². The van der Waals surface area contributed by atoms with Gasteiger partial charge >= 0.3 is 0 Å². The first-order valence-corrected chi connectivity index (χ1v) is 4.73. The van der Waals surface area contributed by atoms with Gasteiger partial charge in [0.15, 0.2) is 0 Å². The van der Waals surface area contributed by atoms with Crippen molar-refractivity contribution in [1.82, 2.24) is 0 Å². The largest absolute Gasteiger partial charge is 0.550 e. The first-order chi connectivity index (χ1) is 7.43. The van der Waals surface area contributed by atoms with E-state index in [-0.39, 0.29) is 26.1 Å². The van der Waals surface area contributed by atoms with Crippen LogP contribution in [-0.2, 0) is 9.59 Å². The van der Waals surface area contributed by atoms with Crippen LogP contribution in [0.3, 0.4) is 0 Å². The van der Waals surface area contributed by atoms with Crippen molar-refractivity contribution in [1.29, 1.82) is 0 Å². The van der Waals surface area contributed by atoms with Crippen LogP contribution < -0.4 is 10.2 Å². The van der Waals surface area contributed by atoms with E-state index in [1.807, 2.05) is 0 Å². The molecule has 0 radical (unpaired) electrons. The van der Waals surface area contributed by atoms with Gasteiger partial charge in [-0.1, -0.05) is 0 Å². The zero-order valence-corrected chi connectivity index (χ0v) is 8.79. The van der Waals surface area contributed by atoms with E-state index in [1.165, 1.54) is 0 Å². The molecule has 3 N–H and O–H groups in total. The van der Waals surface area contributed by atoms with Gasteiger partial charge in [0.2, 0.25) is 0 Å². The minimum absolute atomic E-state index is 0.0761. The lowest BCUT2D eigenvalue weighted by atomic mass is 10.2. The van der Waals surface area contributed by atoms with Gasteiger partial charge in [-0.15, -0.1) is 0 Å². The van der Waals surface area contributed by atoms with E-state index in [2.05, 4.69) is 0 Å². The molecule has 0 spiro atoms. The molecule has 96 valence electrons. The molecule has 0 aliphatic rings. The van der Waals surface area contributed by atoms with E-state index in [4.69, 9.17) is 15.3 Å². The fraction of sp³-hybridized carbons (Fsp3) is 0.778. The average molecular weight is 236 g/mol. The normalized spacial score (nSPS) is 9.50. The number of rotatable bonds is 7. The topological polar surface area (TPSA) is 141 Å². The van der Waals surface area contributed by atoms with Gasteiger partial charge in [-0.2, -0.15) is 0 Å². The van der Waals surface area contributed by atoms with E-state index in [1.54, 1.807) is 0 Å². The lowest BCUT2D eigenvalue weighted by Gasteiger charge is -2.01. The Balaban J connectivity index is 0. The smallest absolute Gasteiger partial charge is 0.100 e. The number of carboxylic acid groups (broad SMARTS) is 2. The lowest BCUT2D eigenvalue weighted by Crippen LogP contribution is -2.23. The Hall–Kier alpha value is -1.18. The van der Waals surface area contributed by atoms with Crippen molar-refractivity contribution in [3.63, 3.8) is 0 Å². The van der Waals surface area contributed by atoms with E-state index in [0.29, 0.717) is 12.8 Å². The predicted molar refractivity (Wildman–Crippen MR) is 48.7 cm³/mol. The molecule has 0 unspecified atom stereocenters. The second-order valence-corrected chi connectivity index (χ2v) is 2.97. The van der Waals surface area contributed by atoms with Crippen LogP contribution in [0.15, 0.2) is 0 Å². The van der Waals surface area contributed by atoms with Crippen LogP contribution in [-0.4, -0.2) is 46.6 Å². The molecular weight excluding hydrogens is 220 g/mol. The minimum Gasteiger partial charge on any atom is -0.550 e. The molecule has 0 aliphatic heterocycles. The summed E-state index contributed by atoms with van der Waals surface area (Å²) in [6.07, 6.45) is -0.419. The summed E-state index contributed by atoms with van der Waals surface area (Å²) >= 11 is 0. The Morgan fingerprint density at radius 2 is 1.25 bits per heavy atom. The summed E-state index contributed by atoms with van der Waals surface area (Å²) in [5.41, 5.74) is 0. The van der Waals surface area contributed by atoms with Gasteiger partial charge in [-0.05, 0) is 25.7 Å². The number of carbonyl (C=O) groups excluding carboxylic acids is 2. The molecule has 0 saturated carbocycles. The highest BCUT2D eigenvalue weighted by atomic mass is 16.4. The minimum atomic E-state index is -1.14. The molecule has 7 nitrogen and oxygen atoms in total. The molecule has 0 bridgehead atoms. The number of carboxylic acids is 2. The number of hydrogen-bond donors (Lipinski definition) is 3. The quantitative estimate of drug-likeness (QED) is 0.387. The number of aliphatic hydroxyl groups excluding tert-OH is 3. The van der Waals surface area contributed by atoms with Crippen LogP contribution in [0.1, 0.15) is 25.7 Å². The van der Waals surface area contributed by atoms with Gasteiger partial charge in [-0.25, -0.2) is 0 Å². The molecule has 0 fully saturated rings. The lowest BCUT2D eigenvalue weighted by molar-refractivity contribution is -0.308. The third-order valence-electron chi connectivity index (χ3n) is 1.43. The third kappa shape index (κ3) is 18.6. The molecule has 0 amide bonds. The number of aliphatic carboxylic acids is 2. The van der Waals surface area contributed by atoms with Gasteiger partial charge in [0, 0.05) is 11.9 Å². The summed E-state index contributed by atoms with van der Waals surface area (Å²) in [6.45, 7) is -0.729. The zero-order valence-electron chi connectivity index (χ0n) is 8.79. The Morgan fingerprint density at radius 3 is 1.38 bits per heavy atom. The second kappa shape index (κ2) is 11.9. The Bertz CT molecular complexity index is 172. The highest BCUT2D eigenvalue weighted by Gasteiger charge is 1.93. The molecule has 0 saturated heterocycles. The number of aliphatic hydroxyl groups is 3. The predicted octanol–water partition coefficient (Wildman–Crippen LogP) is -3.62. The Labute approximate surface area is 93.0 Å². The molecule has 7 heteroatoms. The molecule has 0 aromatic carbocycles. The van der Waals surface area contributed by atoms with E-state index in [0.717, 1.165) is 0 Å². The molecular formula is C9H16O7-2. The fourth-order valence-corrected chi connectivity index (χ4v) is 0.596. The van der Waals surface area contributed by atoms with Crippen molar-refractivity contribution in [3.05, 3.63) is 0 Å². The van der Waals surface area contributed by atoms with Crippen molar-refractivity contribution in [2.75, 3.05) is 13.2 Å². The van der Waals surface area contributed by atoms with Crippen molar-refractivity contribution in [2.24, 2.45) is 0 Å². The summed E-state index contributed by atoms with van der Waals surface area (Å²) < 4.78 is 0. The van der Waals surface area contributed by atoms with Crippen molar-refractivity contribution in [2.45, 2.75) is 31.8 Å². The van der Waals surface area contributed by atoms with Gasteiger partial charge in [0.25, 0.3) is 0 Å². The molecule has 0 heterocycles. The van der Waals surface area contributed by atoms with Crippen LogP contribution >= 0.6 is 0 Å². The van der Waals surface area contributed by atoms with Gasteiger partial charge < -0.3 is 35.1 Å². The zero-order chi connectivity index (χ0) is 13.0. The number of carbonyl (C=O) groups is 2. The van der Waals surface area contributed by atoms with Crippen LogP contribution in [0.4, 0.5) is 0 Å². The van der Waals surface area contributed by atoms with Gasteiger partial charge in [0.05, 0.1) is 13.2 Å². The van der Waals surface area contributed by atoms with Crippen molar-refractivity contribution < 1.29 is 35.1 Å². The summed E-state index contributed by atoms with van der Waals surface area (Å²) in [4.78, 5) is 19.5. The molecule has 0 atom stereocenters. The molecule has 16 heavy (non-hydrogen) atoms. The fourth-order valence-electron chi connectivity index (χ4n) is 0.596. The average Bonchev–Trinajstić information content (AvgIpc) is 2.23. The number of hydrogen-bond acceptors (Lipinski definition) is 7. The molecule has 0 rings (SSSR count). The highest BCUT2D eigenvalue weighted by Crippen LogP contribution is 1.96. The van der Waals surface area contributed by atoms with E-state index >= 15 is 0 Å². The summed E-state index contributed by atoms with van der Waals surface area (Å²) in [7, 11) is 0. The maximum absolute atomic E-state index is 9.77. The summed E-state index contributed by atoms with van der Waals surface area (Å²) in [5.74, 6) is -2.28. The van der Waals surface area contributed by atoms with Gasteiger partial charge in [0.1, 0.15) is 6.10 Å². The molecule has 0 aromatic rings. The second-order valence-electron chi connectivity index (χ2n) is 2.97. The van der Waals surface area contributed by atoms with Gasteiger partial charge in [-0.3, -0.25) is 0 Å². The maximum Gasteiger partial charge on any atom is 0.100 e. The highest BCUT2D eigenvalue weighted by molar-refractivity contribution is 5.65. The van der Waals surface area contributed by atoms with Crippen molar-refractivity contribution >= 4 is 11.9 Å². The van der Waals surface area contributed by atoms with Crippen LogP contribution in [0.5, 0.6) is 0 Å². The monoisotopic (exact) mass is 236 g/mol. The Morgan fingerprint density at radius 1 is 0.938 bits per heavy atom. The SMILES string of the molecule is O=C([O-])CCCCC(=O)[O-].OCC(O)CO. The third-order valence-corrected chi connectivity index (χ3v) is 1.43. The first-order valence-electron chi connectivity index (χ1n) is 4.73. The molecule has 0 aromatic heterocycles. The standard InChI is InChI=1S/C6H10O4.C3H8O3/c7-5(8)3-1-2-4-6(9)10;4-1-3(6)2-5/h1-4H2,(H,7,8)(H,9,10);3-6H,1-2H2/p-2. The van der Waals surface area contributed by atoms with E-state index in [9.17, 15) is 19.8 Å². The Kier molecular flexibility index (Phi) is 12.8.